The quantitative estimate of drug-likeness (QED) is 0.107. The van der Waals surface area contributed by atoms with Gasteiger partial charge in [-0.1, -0.05) is 47.7 Å². The van der Waals surface area contributed by atoms with Crippen LogP contribution in [0.25, 0.3) is 5.69 Å². The number of aromatic nitrogens is 1. The lowest BCUT2D eigenvalue weighted by Crippen LogP contribution is -2.38. The Morgan fingerprint density at radius 2 is 1.46 bits per heavy atom. The summed E-state index contributed by atoms with van der Waals surface area (Å²) in [6, 6.07) is 23.3. The molecule has 1 aromatic heterocycles. The van der Waals surface area contributed by atoms with Crippen molar-refractivity contribution in [1.29, 1.82) is 0 Å². The number of aliphatic imine (C=N–C) groups is 1. The second kappa shape index (κ2) is 11.6. The van der Waals surface area contributed by atoms with Crippen molar-refractivity contribution in [3.05, 3.63) is 105 Å². The van der Waals surface area contributed by atoms with Crippen molar-refractivity contribution >= 4 is 46.7 Å². The molecule has 11 heteroatoms. The number of thiol groups is 1. The van der Waals surface area contributed by atoms with Crippen molar-refractivity contribution in [1.82, 2.24) is 4.57 Å². The van der Waals surface area contributed by atoms with E-state index in [1.54, 1.807) is 16.7 Å². The Morgan fingerprint density at radius 3 is 2.00 bits per heavy atom. The summed E-state index contributed by atoms with van der Waals surface area (Å²) in [5, 5.41) is 11.3. The Balaban J connectivity index is 2.01. The number of nitro benzene ring substituents is 1. The molecule has 0 unspecified atom stereocenters. The van der Waals surface area contributed by atoms with Crippen molar-refractivity contribution in [3.8, 4) is 5.69 Å². The van der Waals surface area contributed by atoms with Crippen LogP contribution in [0.5, 0.6) is 0 Å². The van der Waals surface area contributed by atoms with Gasteiger partial charge < -0.3 is 0 Å². The van der Waals surface area contributed by atoms with Gasteiger partial charge in [-0.3, -0.25) is 19.7 Å². The first-order valence-corrected chi connectivity index (χ1v) is 12.3. The lowest BCUT2D eigenvalue weighted by Gasteiger charge is -2.26. The molecule has 0 radical (unpaired) electrons. The van der Waals surface area contributed by atoms with Crippen LogP contribution in [0.15, 0.2) is 99.9 Å². The number of nitro groups is 1. The summed E-state index contributed by atoms with van der Waals surface area (Å²) in [4.78, 5) is 20.2. The Bertz CT molecular complexity index is 1460. The summed E-state index contributed by atoms with van der Waals surface area (Å²) < 4.78 is 44.7. The standard InChI is InChI=1S/C26H21F3N4O2S2/c27-15-26(16-28,17-29)23(30-19-11-13-21(14-12-19)33(34)35)22-24(36)32(20-9-5-2-6-10-20)25(37-22)31-18-7-3-1-4-8-18/h1-14,36H,15-17H2. The first kappa shape index (κ1) is 26.4. The predicted octanol–water partition coefficient (Wildman–Crippen LogP) is 6.98. The third-order valence-electron chi connectivity index (χ3n) is 5.58. The number of hydrogen-bond acceptors (Lipinski definition) is 6. The Labute approximate surface area is 220 Å². The molecule has 6 nitrogen and oxygen atoms in total. The number of hydrogen-bond donors (Lipinski definition) is 1. The lowest BCUT2D eigenvalue weighted by atomic mass is 9.86. The normalized spacial score (nSPS) is 12.6. The molecule has 0 N–H and O–H groups in total. The molecule has 0 atom stereocenters. The summed E-state index contributed by atoms with van der Waals surface area (Å²) in [6.07, 6.45) is 0. The Hall–Kier alpha value is -3.70. The van der Waals surface area contributed by atoms with Crippen LogP contribution in [-0.2, 0) is 0 Å². The van der Waals surface area contributed by atoms with Crippen LogP contribution < -0.4 is 4.80 Å². The van der Waals surface area contributed by atoms with Gasteiger partial charge in [0.25, 0.3) is 5.69 Å². The largest absolute Gasteiger partial charge is 0.279 e. The molecule has 4 rings (SSSR count). The molecule has 0 fully saturated rings. The first-order valence-electron chi connectivity index (χ1n) is 11.0. The molecule has 4 aromatic rings. The van der Waals surface area contributed by atoms with Crippen molar-refractivity contribution < 1.29 is 18.1 Å². The van der Waals surface area contributed by atoms with Crippen LogP contribution in [-0.4, -0.2) is 35.2 Å². The average Bonchev–Trinajstić information content (AvgIpc) is 3.25. The second-order valence-electron chi connectivity index (χ2n) is 8.07. The van der Waals surface area contributed by atoms with Crippen molar-refractivity contribution in [3.63, 3.8) is 0 Å². The van der Waals surface area contributed by atoms with Gasteiger partial charge in [0.1, 0.15) is 20.0 Å². The van der Waals surface area contributed by atoms with E-state index < -0.39 is 30.4 Å². The molecule has 1 heterocycles. The molecule has 0 saturated heterocycles. The summed E-state index contributed by atoms with van der Waals surface area (Å²) in [6.45, 7) is -4.06. The number of benzene rings is 3. The van der Waals surface area contributed by atoms with E-state index in [0.29, 0.717) is 16.2 Å². The van der Waals surface area contributed by atoms with Crippen LogP contribution in [0.1, 0.15) is 4.88 Å². The molecule has 190 valence electrons. The number of non-ortho nitro benzene ring substituents is 1. The number of nitrogens with zero attached hydrogens (tertiary/aromatic N) is 4. The summed E-state index contributed by atoms with van der Waals surface area (Å²) in [5.41, 5.74) is -1.06. The van der Waals surface area contributed by atoms with Gasteiger partial charge in [-0.25, -0.2) is 18.2 Å². The van der Waals surface area contributed by atoms with Crippen LogP contribution in [0.3, 0.4) is 0 Å². The molecule has 0 saturated carbocycles. The van der Waals surface area contributed by atoms with Gasteiger partial charge in [-0.15, -0.1) is 12.6 Å². The highest BCUT2D eigenvalue weighted by Crippen LogP contribution is 2.35. The topological polar surface area (TPSA) is 72.8 Å². The molecule has 0 spiro atoms. The van der Waals surface area contributed by atoms with E-state index >= 15 is 0 Å². The maximum Gasteiger partial charge on any atom is 0.269 e. The molecule has 0 amide bonds. The van der Waals surface area contributed by atoms with Crippen molar-refractivity contribution in [2.45, 2.75) is 5.03 Å². The first-order chi connectivity index (χ1) is 17.9. The highest BCUT2D eigenvalue weighted by molar-refractivity contribution is 7.80. The summed E-state index contributed by atoms with van der Waals surface area (Å²) >= 11 is 5.75. The fourth-order valence-corrected chi connectivity index (χ4v) is 5.19. The minimum absolute atomic E-state index is 0.175. The van der Waals surface area contributed by atoms with E-state index in [0.717, 1.165) is 11.3 Å². The monoisotopic (exact) mass is 542 g/mol. The third-order valence-corrected chi connectivity index (χ3v) is 7.20. The fraction of sp³-hybridized carbons (Fsp3) is 0.154. The zero-order valence-electron chi connectivity index (χ0n) is 19.3. The van der Waals surface area contributed by atoms with E-state index in [2.05, 4.69) is 17.6 Å². The van der Waals surface area contributed by atoms with Crippen molar-refractivity contribution in [2.24, 2.45) is 15.4 Å². The lowest BCUT2D eigenvalue weighted by molar-refractivity contribution is -0.384. The van der Waals surface area contributed by atoms with Gasteiger partial charge >= 0.3 is 0 Å². The van der Waals surface area contributed by atoms with Gasteiger partial charge in [-0.2, -0.15) is 0 Å². The summed E-state index contributed by atoms with van der Waals surface area (Å²) in [5.74, 6) is 0. The Morgan fingerprint density at radius 1 is 0.892 bits per heavy atom. The molecule has 0 bridgehead atoms. The number of halogens is 3. The number of thiazole rings is 1. The fourth-order valence-electron chi connectivity index (χ4n) is 3.51. The van der Waals surface area contributed by atoms with Crippen LogP contribution in [0.2, 0.25) is 0 Å². The third kappa shape index (κ3) is 5.52. The Kier molecular flexibility index (Phi) is 8.24. The van der Waals surface area contributed by atoms with Gasteiger partial charge in [0.15, 0.2) is 4.80 Å². The highest BCUT2D eigenvalue weighted by atomic mass is 32.1. The van der Waals surface area contributed by atoms with Crippen LogP contribution >= 0.6 is 24.0 Å². The van der Waals surface area contributed by atoms with E-state index in [1.165, 1.54) is 24.3 Å². The van der Waals surface area contributed by atoms with Crippen molar-refractivity contribution in [2.75, 3.05) is 20.0 Å². The van der Waals surface area contributed by atoms with Gasteiger partial charge in [0, 0.05) is 17.8 Å². The predicted molar refractivity (Wildman–Crippen MR) is 142 cm³/mol. The molecule has 0 aliphatic carbocycles. The van der Waals surface area contributed by atoms with Crippen LogP contribution in [0.4, 0.5) is 30.2 Å². The maximum absolute atomic E-state index is 14.3. The minimum atomic E-state index is -2.19. The van der Waals surface area contributed by atoms with E-state index in [1.807, 2.05) is 48.5 Å². The molecule has 0 aliphatic rings. The number of alkyl halides is 3. The SMILES string of the molecule is O=[N+]([O-])c1ccc(N=C(c2sc(=Nc3ccccc3)n(-c3ccccc3)c2S)C(CF)(CF)CF)cc1. The second-order valence-corrected chi connectivity index (χ2v) is 9.47. The zero-order valence-corrected chi connectivity index (χ0v) is 21.0. The summed E-state index contributed by atoms with van der Waals surface area (Å²) in [7, 11) is 0. The van der Waals surface area contributed by atoms with Gasteiger partial charge in [0.05, 0.1) is 37.3 Å². The van der Waals surface area contributed by atoms with Gasteiger partial charge in [0.2, 0.25) is 0 Å². The molecular weight excluding hydrogens is 521 g/mol. The highest BCUT2D eigenvalue weighted by Gasteiger charge is 2.40. The van der Waals surface area contributed by atoms with E-state index in [4.69, 9.17) is 4.99 Å². The van der Waals surface area contributed by atoms with Gasteiger partial charge in [-0.05, 0) is 36.4 Å². The molecule has 3 aromatic carbocycles. The molecule has 0 aliphatic heterocycles. The average molecular weight is 543 g/mol. The van der Waals surface area contributed by atoms with E-state index in [9.17, 15) is 23.3 Å². The number of para-hydroxylation sites is 2. The zero-order chi connectivity index (χ0) is 26.4. The molecular formula is C26H21F3N4O2S2. The smallest absolute Gasteiger partial charge is 0.269 e. The van der Waals surface area contributed by atoms with E-state index in [-0.39, 0.29) is 27.0 Å². The molecule has 37 heavy (non-hydrogen) atoms. The minimum Gasteiger partial charge on any atom is -0.279 e. The maximum atomic E-state index is 14.3. The van der Waals surface area contributed by atoms with Crippen LogP contribution in [0, 0.1) is 15.5 Å². The number of rotatable bonds is 9.